The van der Waals surface area contributed by atoms with Gasteiger partial charge in [0.05, 0.1) is 18.2 Å². The Morgan fingerprint density at radius 3 is 2.19 bits per heavy atom. The van der Waals surface area contributed by atoms with E-state index in [0.29, 0.717) is 11.3 Å². The van der Waals surface area contributed by atoms with Crippen molar-refractivity contribution >= 4 is 29.3 Å². The number of ether oxygens (including phenoxy) is 1. The molecule has 2 aromatic carbocycles. The highest BCUT2D eigenvalue weighted by molar-refractivity contribution is 7.98. The first-order valence-corrected chi connectivity index (χ1v) is 7.51. The molecule has 0 spiro atoms. The van der Waals surface area contributed by atoms with Gasteiger partial charge >= 0.3 is 5.97 Å². The topological polar surface area (TPSA) is 55.4 Å². The first-order chi connectivity index (χ1) is 10.2. The highest BCUT2D eigenvalue weighted by atomic mass is 32.2. The van der Waals surface area contributed by atoms with E-state index in [1.54, 1.807) is 36.0 Å². The van der Waals surface area contributed by atoms with E-state index in [1.807, 2.05) is 30.5 Å². The predicted molar refractivity (Wildman–Crippen MR) is 84.0 cm³/mol. The van der Waals surface area contributed by atoms with Gasteiger partial charge in [0.2, 0.25) is 0 Å². The molecule has 108 valence electrons. The van der Waals surface area contributed by atoms with Crippen molar-refractivity contribution in [3.63, 3.8) is 0 Å². The first-order valence-electron chi connectivity index (χ1n) is 6.28. The minimum Gasteiger partial charge on any atom is -0.465 e. The van der Waals surface area contributed by atoms with E-state index in [1.165, 1.54) is 7.11 Å². The lowest BCUT2D eigenvalue weighted by atomic mass is 10.1. The van der Waals surface area contributed by atoms with Crippen LogP contribution in [-0.4, -0.2) is 25.2 Å². The summed E-state index contributed by atoms with van der Waals surface area (Å²) in [5.41, 5.74) is 1.22. The average Bonchev–Trinajstić information content (AvgIpc) is 2.54. The molecule has 0 fully saturated rings. The van der Waals surface area contributed by atoms with Gasteiger partial charge < -0.3 is 10.1 Å². The summed E-state index contributed by atoms with van der Waals surface area (Å²) in [4.78, 5) is 25.1. The van der Waals surface area contributed by atoms with Crippen LogP contribution in [0.4, 0.5) is 5.69 Å². The van der Waals surface area contributed by atoms with Crippen molar-refractivity contribution in [3.8, 4) is 0 Å². The van der Waals surface area contributed by atoms with Crippen LogP contribution < -0.4 is 5.32 Å². The molecule has 0 aliphatic heterocycles. The number of rotatable bonds is 4. The molecule has 0 aliphatic rings. The highest BCUT2D eigenvalue weighted by Crippen LogP contribution is 2.19. The molecular formula is C16H15NO3S. The normalized spacial score (nSPS) is 10.0. The maximum Gasteiger partial charge on any atom is 0.338 e. The lowest BCUT2D eigenvalue weighted by molar-refractivity contribution is 0.0597. The van der Waals surface area contributed by atoms with Gasteiger partial charge in [0, 0.05) is 10.6 Å². The van der Waals surface area contributed by atoms with Crippen LogP contribution in [-0.2, 0) is 4.74 Å². The van der Waals surface area contributed by atoms with Crippen LogP contribution >= 0.6 is 11.8 Å². The zero-order valence-corrected chi connectivity index (χ0v) is 12.6. The molecule has 0 aliphatic carbocycles. The average molecular weight is 301 g/mol. The summed E-state index contributed by atoms with van der Waals surface area (Å²) < 4.78 is 4.69. The van der Waals surface area contributed by atoms with Gasteiger partial charge in [-0.05, 0) is 42.7 Å². The van der Waals surface area contributed by atoms with Crippen LogP contribution in [0, 0.1) is 0 Å². The molecule has 0 heterocycles. The third-order valence-electron chi connectivity index (χ3n) is 2.92. The molecule has 0 saturated heterocycles. The lowest BCUT2D eigenvalue weighted by Crippen LogP contribution is -2.17. The van der Waals surface area contributed by atoms with Crippen LogP contribution in [0.3, 0.4) is 0 Å². The Labute approximate surface area is 127 Å². The lowest BCUT2D eigenvalue weighted by Gasteiger charge is -2.09. The minimum atomic E-state index is -0.529. The summed E-state index contributed by atoms with van der Waals surface area (Å²) in [5.74, 6) is -0.869. The molecule has 0 aromatic heterocycles. The molecule has 1 N–H and O–H groups in total. The van der Waals surface area contributed by atoms with Gasteiger partial charge in [-0.2, -0.15) is 0 Å². The number of benzene rings is 2. The molecule has 21 heavy (non-hydrogen) atoms. The van der Waals surface area contributed by atoms with E-state index in [0.717, 1.165) is 4.90 Å². The van der Waals surface area contributed by atoms with E-state index in [4.69, 9.17) is 0 Å². The number of hydrogen-bond donors (Lipinski definition) is 1. The standard InChI is InChI=1S/C16H15NO3S/c1-20-16(19)14-6-4-3-5-13(14)15(18)17-11-7-9-12(21-2)10-8-11/h3-10H,1-2H3,(H,17,18). The smallest absolute Gasteiger partial charge is 0.338 e. The van der Waals surface area contributed by atoms with Crippen molar-refractivity contribution in [2.45, 2.75) is 4.90 Å². The number of nitrogens with one attached hydrogen (secondary N) is 1. The Bertz CT molecular complexity index is 653. The van der Waals surface area contributed by atoms with Crippen molar-refractivity contribution < 1.29 is 14.3 Å². The summed E-state index contributed by atoms with van der Waals surface area (Å²) in [6, 6.07) is 14.1. The Morgan fingerprint density at radius 2 is 1.62 bits per heavy atom. The fraction of sp³-hybridized carbons (Fsp3) is 0.125. The quantitative estimate of drug-likeness (QED) is 0.694. The molecule has 2 rings (SSSR count). The van der Waals surface area contributed by atoms with E-state index in [2.05, 4.69) is 10.1 Å². The molecule has 1 amide bonds. The van der Waals surface area contributed by atoms with Crippen LogP contribution in [0.25, 0.3) is 0 Å². The number of methoxy groups -OCH3 is 1. The van der Waals surface area contributed by atoms with Crippen LogP contribution in [0.5, 0.6) is 0 Å². The van der Waals surface area contributed by atoms with E-state index >= 15 is 0 Å². The van der Waals surface area contributed by atoms with E-state index in [-0.39, 0.29) is 11.5 Å². The van der Waals surface area contributed by atoms with E-state index < -0.39 is 5.97 Å². The van der Waals surface area contributed by atoms with Crippen LogP contribution in [0.15, 0.2) is 53.4 Å². The number of carbonyl (C=O) groups is 2. The number of anilines is 1. The first kappa shape index (κ1) is 15.1. The fourth-order valence-corrected chi connectivity index (χ4v) is 2.25. The Morgan fingerprint density at radius 1 is 1.00 bits per heavy atom. The van der Waals surface area contributed by atoms with Gasteiger partial charge in [0.1, 0.15) is 0 Å². The maximum atomic E-state index is 12.3. The predicted octanol–water partition coefficient (Wildman–Crippen LogP) is 3.45. The van der Waals surface area contributed by atoms with Crippen molar-refractivity contribution in [1.29, 1.82) is 0 Å². The Hall–Kier alpha value is -2.27. The third-order valence-corrected chi connectivity index (χ3v) is 3.67. The molecule has 4 nitrogen and oxygen atoms in total. The van der Waals surface area contributed by atoms with Gasteiger partial charge in [-0.15, -0.1) is 11.8 Å². The second-order valence-corrected chi connectivity index (χ2v) is 5.10. The number of thioether (sulfide) groups is 1. The van der Waals surface area contributed by atoms with Crippen molar-refractivity contribution in [2.75, 3.05) is 18.7 Å². The Kier molecular flexibility index (Phi) is 5.00. The summed E-state index contributed by atoms with van der Waals surface area (Å²) in [6.07, 6.45) is 1.99. The number of carbonyl (C=O) groups excluding carboxylic acids is 2. The number of amides is 1. The molecule has 2 aromatic rings. The highest BCUT2D eigenvalue weighted by Gasteiger charge is 2.16. The minimum absolute atomic E-state index is 0.248. The fourth-order valence-electron chi connectivity index (χ4n) is 1.84. The zero-order chi connectivity index (χ0) is 15.2. The second-order valence-electron chi connectivity index (χ2n) is 4.22. The Balaban J connectivity index is 2.22. The summed E-state index contributed by atoms with van der Waals surface area (Å²) in [6.45, 7) is 0. The monoisotopic (exact) mass is 301 g/mol. The van der Waals surface area contributed by atoms with E-state index in [9.17, 15) is 9.59 Å². The molecular weight excluding hydrogens is 286 g/mol. The summed E-state index contributed by atoms with van der Waals surface area (Å²) in [5, 5.41) is 2.77. The van der Waals surface area contributed by atoms with Crippen molar-refractivity contribution in [2.24, 2.45) is 0 Å². The molecule has 0 radical (unpaired) electrons. The largest absolute Gasteiger partial charge is 0.465 e. The summed E-state index contributed by atoms with van der Waals surface area (Å²) in [7, 11) is 1.29. The number of hydrogen-bond acceptors (Lipinski definition) is 4. The SMILES string of the molecule is COC(=O)c1ccccc1C(=O)Nc1ccc(SC)cc1. The zero-order valence-electron chi connectivity index (χ0n) is 11.8. The maximum absolute atomic E-state index is 12.3. The molecule has 5 heteroatoms. The van der Waals surface area contributed by atoms with Gasteiger partial charge in [-0.3, -0.25) is 4.79 Å². The molecule has 0 saturated carbocycles. The molecule has 0 atom stereocenters. The van der Waals surface area contributed by atoms with Gasteiger partial charge in [-0.1, -0.05) is 12.1 Å². The van der Waals surface area contributed by atoms with Gasteiger partial charge in [-0.25, -0.2) is 4.79 Å². The van der Waals surface area contributed by atoms with Crippen LogP contribution in [0.2, 0.25) is 0 Å². The van der Waals surface area contributed by atoms with Crippen molar-refractivity contribution in [3.05, 3.63) is 59.7 Å². The number of esters is 1. The third kappa shape index (κ3) is 3.64. The van der Waals surface area contributed by atoms with Crippen LogP contribution in [0.1, 0.15) is 20.7 Å². The second kappa shape index (κ2) is 6.95. The summed E-state index contributed by atoms with van der Waals surface area (Å²) >= 11 is 1.63. The van der Waals surface area contributed by atoms with Crippen molar-refractivity contribution in [1.82, 2.24) is 0 Å². The molecule has 0 bridgehead atoms. The van der Waals surface area contributed by atoms with Gasteiger partial charge in [0.25, 0.3) is 5.91 Å². The van der Waals surface area contributed by atoms with Gasteiger partial charge in [0.15, 0.2) is 0 Å². The molecule has 0 unspecified atom stereocenters.